The summed E-state index contributed by atoms with van der Waals surface area (Å²) in [6, 6.07) is 4.66. The van der Waals surface area contributed by atoms with E-state index < -0.39 is 5.76 Å². The molecule has 0 saturated carbocycles. The maximum absolute atomic E-state index is 11.7. The second-order valence-electron chi connectivity index (χ2n) is 3.83. The Kier molecular flexibility index (Phi) is 2.62. The molecule has 0 aliphatic heterocycles. The zero-order valence-corrected chi connectivity index (χ0v) is 8.82. The number of H-pyrrole nitrogens is 1. The van der Waals surface area contributed by atoms with Crippen molar-refractivity contribution in [3.63, 3.8) is 0 Å². The molecule has 5 heteroatoms. The van der Waals surface area contributed by atoms with Crippen LogP contribution in [0, 0.1) is 0 Å². The van der Waals surface area contributed by atoms with Crippen LogP contribution in [0.3, 0.4) is 0 Å². The van der Waals surface area contributed by atoms with Gasteiger partial charge < -0.3 is 10.2 Å². The number of nitrogens with one attached hydrogen (secondary N) is 1. The molecule has 0 saturated heterocycles. The monoisotopic (exact) mass is 220 g/mol. The average Bonchev–Trinajstić information content (AvgIpc) is 2.55. The van der Waals surface area contributed by atoms with Gasteiger partial charge in [-0.15, -0.1) is 0 Å². The van der Waals surface area contributed by atoms with E-state index in [4.69, 9.17) is 10.2 Å². The summed E-state index contributed by atoms with van der Waals surface area (Å²) in [6.07, 6.45) is 0.285. The van der Waals surface area contributed by atoms with Crippen molar-refractivity contribution >= 4 is 16.9 Å². The van der Waals surface area contributed by atoms with Crippen molar-refractivity contribution in [1.29, 1.82) is 0 Å². The molecule has 2 aromatic rings. The first-order chi connectivity index (χ1) is 7.56. The number of oxazole rings is 1. The number of aromatic nitrogens is 1. The van der Waals surface area contributed by atoms with Gasteiger partial charge in [0.1, 0.15) is 0 Å². The molecule has 1 aromatic heterocycles. The highest BCUT2D eigenvalue weighted by atomic mass is 16.4. The number of aromatic amines is 1. The molecule has 1 atom stereocenters. The van der Waals surface area contributed by atoms with Gasteiger partial charge in [-0.2, -0.15) is 0 Å². The predicted molar refractivity (Wildman–Crippen MR) is 59.4 cm³/mol. The number of fused-ring (bicyclic) bond motifs is 1. The molecule has 0 amide bonds. The molecule has 0 spiro atoms. The molecular formula is C11H12N2O3. The molecule has 16 heavy (non-hydrogen) atoms. The minimum absolute atomic E-state index is 0.0426. The summed E-state index contributed by atoms with van der Waals surface area (Å²) in [5.74, 6) is -0.564. The first-order valence-electron chi connectivity index (χ1n) is 4.98. The van der Waals surface area contributed by atoms with Gasteiger partial charge in [0.2, 0.25) is 0 Å². The van der Waals surface area contributed by atoms with E-state index in [-0.39, 0.29) is 18.2 Å². The highest BCUT2D eigenvalue weighted by Gasteiger charge is 2.10. The summed E-state index contributed by atoms with van der Waals surface area (Å²) in [5.41, 5.74) is 7.05. The lowest BCUT2D eigenvalue weighted by molar-refractivity contribution is 0.0976. The molecular weight excluding hydrogens is 208 g/mol. The summed E-state index contributed by atoms with van der Waals surface area (Å²) in [4.78, 5) is 25.1. The van der Waals surface area contributed by atoms with E-state index >= 15 is 0 Å². The van der Waals surface area contributed by atoms with Crippen LogP contribution in [0.5, 0.6) is 0 Å². The standard InChI is InChI=1S/C11H12N2O3/c1-6(12)4-9(14)7-2-3-10-8(5-7)13-11(15)16-10/h2-3,5-6H,4,12H2,1H3,(H,13,15). The average molecular weight is 220 g/mol. The maximum Gasteiger partial charge on any atom is 0.417 e. The Hall–Kier alpha value is -1.88. The number of carbonyl (C=O) groups excluding carboxylic acids is 1. The Morgan fingerprint density at radius 3 is 3.00 bits per heavy atom. The highest BCUT2D eigenvalue weighted by molar-refractivity contribution is 5.98. The largest absolute Gasteiger partial charge is 0.417 e. The molecule has 0 bridgehead atoms. The zero-order valence-electron chi connectivity index (χ0n) is 8.82. The molecule has 0 fully saturated rings. The van der Waals surface area contributed by atoms with Gasteiger partial charge in [-0.1, -0.05) is 0 Å². The van der Waals surface area contributed by atoms with Crippen LogP contribution in [0.15, 0.2) is 27.4 Å². The SMILES string of the molecule is CC(N)CC(=O)c1ccc2oc(=O)[nH]c2c1. The van der Waals surface area contributed by atoms with Gasteiger partial charge in [0, 0.05) is 18.0 Å². The fourth-order valence-electron chi connectivity index (χ4n) is 1.54. The molecule has 0 aliphatic rings. The number of rotatable bonds is 3. The van der Waals surface area contributed by atoms with Crippen molar-refractivity contribution in [3.8, 4) is 0 Å². The quantitative estimate of drug-likeness (QED) is 0.756. The molecule has 1 heterocycles. The minimum atomic E-state index is -0.521. The summed E-state index contributed by atoms with van der Waals surface area (Å²) in [7, 11) is 0. The van der Waals surface area contributed by atoms with Gasteiger partial charge in [-0.3, -0.25) is 9.78 Å². The van der Waals surface area contributed by atoms with Crippen molar-refractivity contribution in [3.05, 3.63) is 34.3 Å². The molecule has 1 unspecified atom stereocenters. The number of carbonyl (C=O) groups is 1. The lowest BCUT2D eigenvalue weighted by Gasteiger charge is -2.03. The number of benzene rings is 1. The van der Waals surface area contributed by atoms with Gasteiger partial charge in [0.25, 0.3) is 0 Å². The Morgan fingerprint density at radius 2 is 2.31 bits per heavy atom. The molecule has 84 valence electrons. The first-order valence-corrected chi connectivity index (χ1v) is 4.98. The maximum atomic E-state index is 11.7. The van der Waals surface area contributed by atoms with Gasteiger partial charge in [0.05, 0.1) is 5.52 Å². The van der Waals surface area contributed by atoms with Crippen LogP contribution in [-0.2, 0) is 0 Å². The van der Waals surface area contributed by atoms with Gasteiger partial charge in [-0.05, 0) is 25.1 Å². The predicted octanol–water partition coefficient (Wildman–Crippen LogP) is 1.04. The molecule has 0 aliphatic carbocycles. The van der Waals surface area contributed by atoms with Crippen molar-refractivity contribution in [2.45, 2.75) is 19.4 Å². The minimum Gasteiger partial charge on any atom is -0.408 e. The van der Waals surface area contributed by atoms with Gasteiger partial charge in [-0.25, -0.2) is 4.79 Å². The van der Waals surface area contributed by atoms with E-state index in [1.165, 1.54) is 0 Å². The first kappa shape index (κ1) is 10.6. The smallest absolute Gasteiger partial charge is 0.408 e. The van der Waals surface area contributed by atoms with Crippen molar-refractivity contribution in [1.82, 2.24) is 4.98 Å². The second-order valence-corrected chi connectivity index (χ2v) is 3.83. The van der Waals surface area contributed by atoms with E-state index in [0.29, 0.717) is 16.7 Å². The molecule has 5 nitrogen and oxygen atoms in total. The fourth-order valence-corrected chi connectivity index (χ4v) is 1.54. The Balaban J connectivity index is 2.38. The number of Topliss-reactive ketones (excluding diaryl/α,β-unsaturated/α-hetero) is 1. The van der Waals surface area contributed by atoms with Crippen molar-refractivity contribution in [2.75, 3.05) is 0 Å². The summed E-state index contributed by atoms with van der Waals surface area (Å²) in [5, 5.41) is 0. The second kappa shape index (κ2) is 3.94. The van der Waals surface area contributed by atoms with Crippen LogP contribution >= 0.6 is 0 Å². The van der Waals surface area contributed by atoms with Gasteiger partial charge >= 0.3 is 5.76 Å². The van der Waals surface area contributed by atoms with Crippen LogP contribution in [0.25, 0.3) is 11.1 Å². The Morgan fingerprint density at radius 1 is 1.56 bits per heavy atom. The van der Waals surface area contributed by atoms with Crippen LogP contribution in [0.2, 0.25) is 0 Å². The number of hydrogen-bond acceptors (Lipinski definition) is 4. The normalized spacial score (nSPS) is 12.9. The van der Waals surface area contributed by atoms with Gasteiger partial charge in [0.15, 0.2) is 11.4 Å². The molecule has 0 radical (unpaired) electrons. The molecule has 1 aromatic carbocycles. The number of hydrogen-bond donors (Lipinski definition) is 2. The van der Waals surface area contributed by atoms with E-state index in [9.17, 15) is 9.59 Å². The van der Waals surface area contributed by atoms with Crippen LogP contribution in [0.4, 0.5) is 0 Å². The summed E-state index contributed by atoms with van der Waals surface area (Å²) in [6.45, 7) is 1.77. The van der Waals surface area contributed by atoms with E-state index in [1.807, 2.05) is 0 Å². The summed E-state index contributed by atoms with van der Waals surface area (Å²) < 4.78 is 4.84. The number of nitrogens with two attached hydrogens (primary N) is 1. The van der Waals surface area contributed by atoms with Crippen molar-refractivity contribution in [2.24, 2.45) is 5.73 Å². The highest BCUT2D eigenvalue weighted by Crippen LogP contribution is 2.14. The molecule has 2 rings (SSSR count). The Labute approximate surface area is 91.2 Å². The van der Waals surface area contributed by atoms with Crippen LogP contribution in [0.1, 0.15) is 23.7 Å². The number of ketones is 1. The van der Waals surface area contributed by atoms with E-state index in [1.54, 1.807) is 25.1 Å². The third kappa shape index (κ3) is 2.04. The van der Waals surface area contributed by atoms with Crippen molar-refractivity contribution < 1.29 is 9.21 Å². The third-order valence-corrected chi connectivity index (χ3v) is 2.25. The third-order valence-electron chi connectivity index (χ3n) is 2.25. The Bertz CT molecular complexity index is 580. The summed E-state index contributed by atoms with van der Waals surface area (Å²) >= 11 is 0. The van der Waals surface area contributed by atoms with E-state index in [2.05, 4.69) is 4.98 Å². The lowest BCUT2D eigenvalue weighted by Crippen LogP contribution is -2.19. The zero-order chi connectivity index (χ0) is 11.7. The fraction of sp³-hybridized carbons (Fsp3) is 0.273. The van der Waals surface area contributed by atoms with Crippen LogP contribution < -0.4 is 11.5 Å². The van der Waals surface area contributed by atoms with E-state index in [0.717, 1.165) is 0 Å². The topological polar surface area (TPSA) is 89.1 Å². The lowest BCUT2D eigenvalue weighted by atomic mass is 10.0. The molecule has 3 N–H and O–H groups in total. The van der Waals surface area contributed by atoms with Crippen LogP contribution in [-0.4, -0.2) is 16.8 Å².